The van der Waals surface area contributed by atoms with Gasteiger partial charge in [0.05, 0.1) is 12.9 Å². The van der Waals surface area contributed by atoms with Gasteiger partial charge in [0, 0.05) is 32.1 Å². The zero-order chi connectivity index (χ0) is 12.3. The van der Waals surface area contributed by atoms with E-state index in [-0.39, 0.29) is 0 Å². The summed E-state index contributed by atoms with van der Waals surface area (Å²) >= 11 is 0. The molecule has 98 valence electrons. The van der Waals surface area contributed by atoms with Gasteiger partial charge < -0.3 is 14.6 Å². The largest absolute Gasteiger partial charge is 0.383 e. The zero-order valence-electron chi connectivity index (χ0n) is 11.1. The predicted molar refractivity (Wildman–Crippen MR) is 70.2 cm³/mol. The van der Waals surface area contributed by atoms with Crippen LogP contribution in [-0.2, 0) is 17.7 Å². The zero-order valence-corrected chi connectivity index (χ0v) is 11.1. The Hall–Kier alpha value is -0.870. The maximum absolute atomic E-state index is 4.98. The number of rotatable bonds is 10. The maximum Gasteiger partial charge on any atom is 0.0948 e. The molecule has 0 aromatic carbocycles. The third-order valence-corrected chi connectivity index (χ3v) is 2.78. The van der Waals surface area contributed by atoms with Crippen LogP contribution in [0.1, 0.15) is 31.9 Å². The van der Waals surface area contributed by atoms with E-state index in [1.807, 2.05) is 12.5 Å². The van der Waals surface area contributed by atoms with Crippen LogP contribution < -0.4 is 5.32 Å². The Balaban J connectivity index is 2.07. The first-order chi connectivity index (χ1) is 8.38. The van der Waals surface area contributed by atoms with Gasteiger partial charge in [0.25, 0.3) is 0 Å². The van der Waals surface area contributed by atoms with Gasteiger partial charge in [0.2, 0.25) is 0 Å². The Kier molecular flexibility index (Phi) is 7.67. The van der Waals surface area contributed by atoms with Gasteiger partial charge in [0.1, 0.15) is 0 Å². The second kappa shape index (κ2) is 9.19. The summed E-state index contributed by atoms with van der Waals surface area (Å²) in [6, 6.07) is 0. The average Bonchev–Trinajstić information content (AvgIpc) is 2.76. The molecule has 1 aromatic heterocycles. The summed E-state index contributed by atoms with van der Waals surface area (Å²) in [5.74, 6) is 0. The van der Waals surface area contributed by atoms with Crippen LogP contribution in [0.2, 0.25) is 0 Å². The average molecular weight is 239 g/mol. The fourth-order valence-electron chi connectivity index (χ4n) is 1.85. The molecule has 1 heterocycles. The van der Waals surface area contributed by atoms with Crippen molar-refractivity contribution in [2.45, 2.75) is 39.2 Å². The molecule has 0 radical (unpaired) electrons. The Morgan fingerprint density at radius 3 is 3.00 bits per heavy atom. The molecule has 0 amide bonds. The number of ether oxygens (including phenoxy) is 1. The van der Waals surface area contributed by atoms with Crippen molar-refractivity contribution in [3.8, 4) is 0 Å². The first kappa shape index (κ1) is 14.2. The van der Waals surface area contributed by atoms with Gasteiger partial charge in [-0.1, -0.05) is 6.92 Å². The highest BCUT2D eigenvalue weighted by Crippen LogP contribution is 2.05. The minimum absolute atomic E-state index is 0.795. The molecule has 1 aromatic rings. The van der Waals surface area contributed by atoms with Crippen molar-refractivity contribution in [3.05, 3.63) is 18.2 Å². The molecule has 1 rings (SSSR count). The lowest BCUT2D eigenvalue weighted by atomic mass is 10.2. The lowest BCUT2D eigenvalue weighted by Gasteiger charge is -2.07. The second-order valence-electron chi connectivity index (χ2n) is 4.28. The van der Waals surface area contributed by atoms with Gasteiger partial charge in [-0.3, -0.25) is 0 Å². The van der Waals surface area contributed by atoms with E-state index in [1.165, 1.54) is 25.0 Å². The third kappa shape index (κ3) is 5.84. The molecule has 0 fully saturated rings. The van der Waals surface area contributed by atoms with Crippen molar-refractivity contribution in [1.82, 2.24) is 14.9 Å². The number of hydrogen-bond donors (Lipinski definition) is 1. The smallest absolute Gasteiger partial charge is 0.0948 e. The summed E-state index contributed by atoms with van der Waals surface area (Å²) in [7, 11) is 1.73. The van der Waals surface area contributed by atoms with E-state index in [1.54, 1.807) is 7.11 Å². The van der Waals surface area contributed by atoms with Crippen molar-refractivity contribution >= 4 is 0 Å². The normalized spacial score (nSPS) is 10.9. The van der Waals surface area contributed by atoms with E-state index >= 15 is 0 Å². The van der Waals surface area contributed by atoms with Crippen LogP contribution in [0.25, 0.3) is 0 Å². The third-order valence-electron chi connectivity index (χ3n) is 2.78. The van der Waals surface area contributed by atoms with Gasteiger partial charge in [-0.25, -0.2) is 4.98 Å². The van der Waals surface area contributed by atoms with Crippen molar-refractivity contribution in [1.29, 1.82) is 0 Å². The molecule has 0 atom stereocenters. The molecule has 0 aliphatic carbocycles. The minimum Gasteiger partial charge on any atom is -0.383 e. The van der Waals surface area contributed by atoms with Gasteiger partial charge in [-0.15, -0.1) is 0 Å². The van der Waals surface area contributed by atoms with Gasteiger partial charge >= 0.3 is 0 Å². The number of nitrogens with zero attached hydrogens (tertiary/aromatic N) is 2. The summed E-state index contributed by atoms with van der Waals surface area (Å²) in [4.78, 5) is 4.21. The Labute approximate surface area is 104 Å². The number of imidazole rings is 1. The molecule has 4 heteroatoms. The second-order valence-corrected chi connectivity index (χ2v) is 4.28. The molecule has 4 nitrogen and oxygen atoms in total. The van der Waals surface area contributed by atoms with Crippen LogP contribution in [0.5, 0.6) is 0 Å². The number of aromatic nitrogens is 2. The highest BCUT2D eigenvalue weighted by Gasteiger charge is 2.00. The Morgan fingerprint density at radius 1 is 1.35 bits per heavy atom. The summed E-state index contributed by atoms with van der Waals surface area (Å²) < 4.78 is 7.24. The number of hydrogen-bond acceptors (Lipinski definition) is 3. The van der Waals surface area contributed by atoms with E-state index in [4.69, 9.17) is 4.74 Å². The summed E-state index contributed by atoms with van der Waals surface area (Å²) in [6.07, 6.45) is 8.66. The van der Waals surface area contributed by atoms with Crippen LogP contribution in [0.15, 0.2) is 12.5 Å². The fourth-order valence-corrected chi connectivity index (χ4v) is 1.85. The fraction of sp³-hybridized carbons (Fsp3) is 0.769. The highest BCUT2D eigenvalue weighted by atomic mass is 16.5. The topological polar surface area (TPSA) is 39.1 Å². The molecule has 1 N–H and O–H groups in total. The van der Waals surface area contributed by atoms with E-state index in [0.29, 0.717) is 0 Å². The molecule has 0 saturated heterocycles. The van der Waals surface area contributed by atoms with Crippen LogP contribution in [-0.4, -0.2) is 36.4 Å². The van der Waals surface area contributed by atoms with Crippen molar-refractivity contribution < 1.29 is 4.74 Å². The SMILES string of the molecule is CCCn1cncc1CCCCNCCOC. The quantitative estimate of drug-likeness (QED) is 0.633. The molecule has 0 aliphatic rings. The standard InChI is InChI=1S/C13H25N3O/c1-3-9-16-12-15-11-13(16)6-4-5-7-14-8-10-17-2/h11-12,14H,3-10H2,1-2H3. The van der Waals surface area contributed by atoms with Crippen LogP contribution in [0, 0.1) is 0 Å². The molecule has 0 saturated carbocycles. The molecular weight excluding hydrogens is 214 g/mol. The van der Waals surface area contributed by atoms with Crippen LogP contribution >= 0.6 is 0 Å². The molecule has 17 heavy (non-hydrogen) atoms. The molecule has 0 bridgehead atoms. The lowest BCUT2D eigenvalue weighted by Crippen LogP contribution is -2.20. The molecule has 0 aliphatic heterocycles. The summed E-state index contributed by atoms with van der Waals surface area (Å²) in [5, 5.41) is 3.36. The number of nitrogens with one attached hydrogen (secondary N) is 1. The number of aryl methyl sites for hydroxylation is 2. The number of unbranched alkanes of at least 4 members (excludes halogenated alkanes) is 1. The predicted octanol–water partition coefficient (Wildman–Crippen LogP) is 1.85. The monoisotopic (exact) mass is 239 g/mol. The van der Waals surface area contributed by atoms with E-state index < -0.39 is 0 Å². The van der Waals surface area contributed by atoms with Crippen LogP contribution in [0.3, 0.4) is 0 Å². The summed E-state index contributed by atoms with van der Waals surface area (Å²) in [6.45, 7) is 6.10. The minimum atomic E-state index is 0.795. The highest BCUT2D eigenvalue weighted by molar-refractivity contribution is 4.98. The molecule has 0 spiro atoms. The van der Waals surface area contributed by atoms with Crippen molar-refractivity contribution in [2.24, 2.45) is 0 Å². The van der Waals surface area contributed by atoms with E-state index in [0.717, 1.165) is 32.7 Å². The number of methoxy groups -OCH3 is 1. The van der Waals surface area contributed by atoms with Crippen molar-refractivity contribution in [2.75, 3.05) is 26.8 Å². The molecule has 0 unspecified atom stereocenters. The first-order valence-electron chi connectivity index (χ1n) is 6.57. The van der Waals surface area contributed by atoms with Gasteiger partial charge in [-0.2, -0.15) is 0 Å². The van der Waals surface area contributed by atoms with Gasteiger partial charge in [0.15, 0.2) is 0 Å². The molecular formula is C13H25N3O. The lowest BCUT2D eigenvalue weighted by molar-refractivity contribution is 0.199. The summed E-state index contributed by atoms with van der Waals surface area (Å²) in [5.41, 5.74) is 1.36. The Bertz CT molecular complexity index is 286. The van der Waals surface area contributed by atoms with E-state index in [2.05, 4.69) is 21.8 Å². The van der Waals surface area contributed by atoms with Gasteiger partial charge in [-0.05, 0) is 32.2 Å². The maximum atomic E-state index is 4.98. The van der Waals surface area contributed by atoms with E-state index in [9.17, 15) is 0 Å². The Morgan fingerprint density at radius 2 is 2.24 bits per heavy atom. The first-order valence-corrected chi connectivity index (χ1v) is 6.57. The van der Waals surface area contributed by atoms with Crippen molar-refractivity contribution in [3.63, 3.8) is 0 Å². The van der Waals surface area contributed by atoms with Crippen LogP contribution in [0.4, 0.5) is 0 Å².